The SMILES string of the molecule is O=CNC(/C=C(\CBr)CCCCNC(=O)OCc1ccccc1)C(=O)O. The summed E-state index contributed by atoms with van der Waals surface area (Å²) in [4.78, 5) is 33.0. The molecule has 0 aliphatic rings. The molecule has 3 N–H and O–H groups in total. The van der Waals surface area contributed by atoms with Gasteiger partial charge in [-0.3, -0.25) is 4.79 Å². The quantitative estimate of drug-likeness (QED) is 0.206. The van der Waals surface area contributed by atoms with E-state index in [9.17, 15) is 14.4 Å². The maximum atomic E-state index is 11.6. The molecule has 0 spiro atoms. The number of benzene rings is 1. The first kappa shape index (κ1) is 21.7. The molecule has 1 atom stereocenters. The Morgan fingerprint density at radius 1 is 1.23 bits per heavy atom. The number of allylic oxidation sites excluding steroid dienone is 1. The molecule has 1 aromatic rings. The second-order valence-electron chi connectivity index (χ2n) is 5.50. The highest BCUT2D eigenvalue weighted by Gasteiger charge is 2.13. The summed E-state index contributed by atoms with van der Waals surface area (Å²) in [7, 11) is 0. The number of amides is 2. The van der Waals surface area contributed by atoms with Gasteiger partial charge in [0, 0.05) is 11.9 Å². The Balaban J connectivity index is 2.24. The Morgan fingerprint density at radius 3 is 2.58 bits per heavy atom. The minimum absolute atomic E-state index is 0.226. The predicted octanol–water partition coefficient (Wildman–Crippen LogP) is 2.60. The van der Waals surface area contributed by atoms with Crippen LogP contribution in [-0.2, 0) is 20.9 Å². The van der Waals surface area contributed by atoms with Crippen molar-refractivity contribution in [3.63, 3.8) is 0 Å². The van der Waals surface area contributed by atoms with Crippen molar-refractivity contribution in [1.82, 2.24) is 10.6 Å². The predicted molar refractivity (Wildman–Crippen MR) is 101 cm³/mol. The van der Waals surface area contributed by atoms with Crippen molar-refractivity contribution in [3.8, 4) is 0 Å². The molecule has 8 heteroatoms. The zero-order valence-electron chi connectivity index (χ0n) is 14.3. The molecule has 0 bridgehead atoms. The number of hydrogen-bond donors (Lipinski definition) is 3. The van der Waals surface area contributed by atoms with Crippen molar-refractivity contribution in [2.45, 2.75) is 31.9 Å². The first-order valence-corrected chi connectivity index (χ1v) is 9.31. The van der Waals surface area contributed by atoms with Crippen LogP contribution in [0.25, 0.3) is 0 Å². The minimum Gasteiger partial charge on any atom is -0.479 e. The van der Waals surface area contributed by atoms with Gasteiger partial charge in [0.1, 0.15) is 12.6 Å². The average molecular weight is 427 g/mol. The van der Waals surface area contributed by atoms with E-state index in [-0.39, 0.29) is 6.61 Å². The van der Waals surface area contributed by atoms with Crippen LogP contribution >= 0.6 is 15.9 Å². The zero-order chi connectivity index (χ0) is 19.2. The third-order valence-corrected chi connectivity index (χ3v) is 4.21. The van der Waals surface area contributed by atoms with Crippen LogP contribution in [0.2, 0.25) is 0 Å². The molecule has 0 aromatic heterocycles. The molecule has 0 heterocycles. The number of carboxylic acid groups (broad SMARTS) is 1. The van der Waals surface area contributed by atoms with Crippen molar-refractivity contribution >= 4 is 34.4 Å². The van der Waals surface area contributed by atoms with E-state index in [1.54, 1.807) is 0 Å². The van der Waals surface area contributed by atoms with Gasteiger partial charge in [-0.25, -0.2) is 9.59 Å². The van der Waals surface area contributed by atoms with Gasteiger partial charge < -0.3 is 20.5 Å². The minimum atomic E-state index is -1.11. The van der Waals surface area contributed by atoms with Gasteiger partial charge in [-0.2, -0.15) is 0 Å². The second kappa shape index (κ2) is 12.9. The van der Waals surface area contributed by atoms with Gasteiger partial charge in [0.25, 0.3) is 0 Å². The standard InChI is InChI=1S/C18H23BrN2O5/c19-11-15(10-16(17(23)24)21-13-22)8-4-5-9-20-18(25)26-12-14-6-2-1-3-7-14/h1-3,6-7,10,13,16H,4-5,8-9,11-12H2,(H,20,25)(H,21,22)(H,23,24)/b15-10-. The Bertz CT molecular complexity index is 607. The molecule has 26 heavy (non-hydrogen) atoms. The molecular weight excluding hydrogens is 404 g/mol. The number of hydrogen-bond acceptors (Lipinski definition) is 4. The third-order valence-electron chi connectivity index (χ3n) is 3.49. The fraction of sp³-hybridized carbons (Fsp3) is 0.389. The number of rotatable bonds is 12. The van der Waals surface area contributed by atoms with Crippen molar-refractivity contribution in [3.05, 3.63) is 47.5 Å². The maximum absolute atomic E-state index is 11.6. The number of ether oxygens (including phenoxy) is 1. The van der Waals surface area contributed by atoms with Crippen molar-refractivity contribution in [2.24, 2.45) is 0 Å². The number of carbonyl (C=O) groups excluding carboxylic acids is 2. The highest BCUT2D eigenvalue weighted by molar-refractivity contribution is 9.09. The maximum Gasteiger partial charge on any atom is 0.407 e. The van der Waals surface area contributed by atoms with Gasteiger partial charge in [-0.05, 0) is 24.8 Å². The lowest BCUT2D eigenvalue weighted by atomic mass is 10.1. The number of carboxylic acids is 1. The molecule has 0 radical (unpaired) electrons. The van der Waals surface area contributed by atoms with Crippen LogP contribution in [-0.4, -0.2) is 41.5 Å². The van der Waals surface area contributed by atoms with Gasteiger partial charge in [0.2, 0.25) is 6.41 Å². The van der Waals surface area contributed by atoms with E-state index in [4.69, 9.17) is 9.84 Å². The van der Waals surface area contributed by atoms with Crippen molar-refractivity contribution < 1.29 is 24.2 Å². The molecule has 1 aromatic carbocycles. The number of alkyl halides is 1. The van der Waals surface area contributed by atoms with Crippen LogP contribution in [0.5, 0.6) is 0 Å². The van der Waals surface area contributed by atoms with Gasteiger partial charge in [0.05, 0.1) is 0 Å². The number of halogens is 1. The van der Waals surface area contributed by atoms with Crippen LogP contribution in [0.1, 0.15) is 24.8 Å². The molecule has 2 amide bonds. The zero-order valence-corrected chi connectivity index (χ0v) is 15.9. The molecule has 1 unspecified atom stereocenters. The van der Waals surface area contributed by atoms with E-state index in [0.29, 0.717) is 24.7 Å². The summed E-state index contributed by atoms with van der Waals surface area (Å²) in [5.74, 6) is -1.11. The molecule has 7 nitrogen and oxygen atoms in total. The molecule has 0 fully saturated rings. The highest BCUT2D eigenvalue weighted by Crippen LogP contribution is 2.11. The molecule has 1 rings (SSSR count). The van der Waals surface area contributed by atoms with E-state index in [2.05, 4.69) is 26.6 Å². The van der Waals surface area contributed by atoms with E-state index in [1.807, 2.05) is 30.3 Å². The van der Waals surface area contributed by atoms with Gasteiger partial charge in [-0.15, -0.1) is 0 Å². The van der Waals surface area contributed by atoms with E-state index in [1.165, 1.54) is 6.08 Å². The summed E-state index contributed by atoms with van der Waals surface area (Å²) >= 11 is 3.31. The van der Waals surface area contributed by atoms with E-state index in [0.717, 1.165) is 24.0 Å². The Labute approximate surface area is 160 Å². The average Bonchev–Trinajstić information content (AvgIpc) is 2.65. The van der Waals surface area contributed by atoms with Crippen LogP contribution in [0, 0.1) is 0 Å². The van der Waals surface area contributed by atoms with Crippen molar-refractivity contribution in [2.75, 3.05) is 11.9 Å². The molecule has 0 aliphatic heterocycles. The topological polar surface area (TPSA) is 105 Å². The van der Waals surface area contributed by atoms with Crippen LogP contribution in [0.15, 0.2) is 42.0 Å². The molecular formula is C18H23BrN2O5. The Hall–Kier alpha value is -2.35. The summed E-state index contributed by atoms with van der Waals surface area (Å²) in [5, 5.41) is 14.4. The fourth-order valence-electron chi connectivity index (χ4n) is 2.14. The number of nitrogens with one attached hydrogen (secondary N) is 2. The number of unbranched alkanes of at least 4 members (excludes halogenated alkanes) is 1. The lowest BCUT2D eigenvalue weighted by molar-refractivity contribution is -0.139. The number of alkyl carbamates (subject to hydrolysis) is 1. The van der Waals surface area contributed by atoms with Crippen molar-refractivity contribution in [1.29, 1.82) is 0 Å². The van der Waals surface area contributed by atoms with Crippen LogP contribution < -0.4 is 10.6 Å². The lowest BCUT2D eigenvalue weighted by Crippen LogP contribution is -2.34. The number of aliphatic carboxylic acids is 1. The van der Waals surface area contributed by atoms with Crippen LogP contribution in [0.4, 0.5) is 4.79 Å². The number of carbonyl (C=O) groups is 3. The highest BCUT2D eigenvalue weighted by atomic mass is 79.9. The fourth-order valence-corrected chi connectivity index (χ4v) is 2.60. The third kappa shape index (κ3) is 9.22. The first-order chi connectivity index (χ1) is 12.6. The largest absolute Gasteiger partial charge is 0.479 e. The smallest absolute Gasteiger partial charge is 0.407 e. The van der Waals surface area contributed by atoms with E-state index < -0.39 is 18.1 Å². The molecule has 0 saturated carbocycles. The Kier molecular flexibility index (Phi) is 10.8. The molecule has 0 saturated heterocycles. The Morgan fingerprint density at radius 2 is 1.96 bits per heavy atom. The van der Waals surface area contributed by atoms with Gasteiger partial charge in [-0.1, -0.05) is 57.9 Å². The van der Waals surface area contributed by atoms with Gasteiger partial charge >= 0.3 is 12.1 Å². The summed E-state index contributed by atoms with van der Waals surface area (Å²) in [6, 6.07) is 8.38. The molecule has 142 valence electrons. The first-order valence-electron chi connectivity index (χ1n) is 8.19. The summed E-state index contributed by atoms with van der Waals surface area (Å²) < 4.78 is 5.11. The second-order valence-corrected chi connectivity index (χ2v) is 6.07. The summed E-state index contributed by atoms with van der Waals surface area (Å²) in [6.07, 6.45) is 3.58. The van der Waals surface area contributed by atoms with E-state index >= 15 is 0 Å². The normalized spacial score (nSPS) is 12.1. The van der Waals surface area contributed by atoms with Gasteiger partial charge in [0.15, 0.2) is 0 Å². The summed E-state index contributed by atoms with van der Waals surface area (Å²) in [5.41, 5.74) is 1.80. The molecule has 0 aliphatic carbocycles. The summed E-state index contributed by atoms with van der Waals surface area (Å²) in [6.45, 7) is 0.696. The monoisotopic (exact) mass is 426 g/mol. The lowest BCUT2D eigenvalue weighted by Gasteiger charge is -2.10. The van der Waals surface area contributed by atoms with Crippen LogP contribution in [0.3, 0.4) is 0 Å².